The lowest BCUT2D eigenvalue weighted by Gasteiger charge is -2.14. The number of benzene rings is 2. The van der Waals surface area contributed by atoms with Crippen molar-refractivity contribution in [2.45, 2.75) is 26.6 Å². The predicted molar refractivity (Wildman–Crippen MR) is 123 cm³/mol. The monoisotopic (exact) mass is 454 g/mol. The predicted octanol–water partition coefficient (Wildman–Crippen LogP) is 5.85. The molecule has 4 nitrogen and oxygen atoms in total. The van der Waals surface area contributed by atoms with Crippen molar-refractivity contribution in [2.75, 3.05) is 6.61 Å². The lowest BCUT2D eigenvalue weighted by Crippen LogP contribution is -2.12. The van der Waals surface area contributed by atoms with Crippen LogP contribution in [-0.4, -0.2) is 11.6 Å². The SMILES string of the molecule is CCOc1cc(CNCc2ccccc2)ccc1OCc1ccc(Cl)nc1.Cl.Cl. The number of hydrogen-bond acceptors (Lipinski definition) is 4. The second-order valence-electron chi connectivity index (χ2n) is 6.08. The minimum absolute atomic E-state index is 0. The van der Waals surface area contributed by atoms with Crippen molar-refractivity contribution in [3.05, 3.63) is 88.7 Å². The average molecular weight is 456 g/mol. The highest BCUT2D eigenvalue weighted by molar-refractivity contribution is 6.29. The molecule has 0 amide bonds. The van der Waals surface area contributed by atoms with Crippen LogP contribution in [-0.2, 0) is 19.7 Å². The van der Waals surface area contributed by atoms with Crippen LogP contribution in [0.15, 0.2) is 66.9 Å². The van der Waals surface area contributed by atoms with E-state index in [1.807, 2.05) is 43.3 Å². The van der Waals surface area contributed by atoms with Gasteiger partial charge in [0, 0.05) is 24.8 Å². The van der Waals surface area contributed by atoms with E-state index >= 15 is 0 Å². The number of aromatic nitrogens is 1. The van der Waals surface area contributed by atoms with E-state index in [2.05, 4.69) is 28.5 Å². The maximum absolute atomic E-state index is 5.92. The maximum Gasteiger partial charge on any atom is 0.161 e. The number of nitrogens with one attached hydrogen (secondary N) is 1. The fourth-order valence-electron chi connectivity index (χ4n) is 2.65. The first-order chi connectivity index (χ1) is 13.2. The summed E-state index contributed by atoms with van der Waals surface area (Å²) in [5.74, 6) is 1.47. The molecule has 0 radical (unpaired) electrons. The zero-order chi connectivity index (χ0) is 18.9. The fraction of sp³-hybridized carbons (Fsp3) is 0.227. The summed E-state index contributed by atoms with van der Waals surface area (Å²) in [5, 5.41) is 3.93. The molecular formula is C22H25Cl3N2O2. The summed E-state index contributed by atoms with van der Waals surface area (Å²) >= 11 is 5.82. The highest BCUT2D eigenvalue weighted by atomic mass is 35.5. The van der Waals surface area contributed by atoms with Gasteiger partial charge in [0.25, 0.3) is 0 Å². The molecule has 156 valence electrons. The summed E-state index contributed by atoms with van der Waals surface area (Å²) in [6.45, 7) is 4.55. The molecule has 0 atom stereocenters. The molecule has 29 heavy (non-hydrogen) atoms. The van der Waals surface area contributed by atoms with E-state index in [1.165, 1.54) is 5.56 Å². The van der Waals surface area contributed by atoms with Gasteiger partial charge in [0.1, 0.15) is 11.8 Å². The van der Waals surface area contributed by atoms with Crippen molar-refractivity contribution in [1.29, 1.82) is 0 Å². The Kier molecular flexibility index (Phi) is 11.5. The van der Waals surface area contributed by atoms with Gasteiger partial charge < -0.3 is 14.8 Å². The second-order valence-corrected chi connectivity index (χ2v) is 6.47. The number of halogens is 3. The van der Waals surface area contributed by atoms with Crippen LogP contribution in [0.2, 0.25) is 5.15 Å². The van der Waals surface area contributed by atoms with Gasteiger partial charge in [-0.2, -0.15) is 0 Å². The third-order valence-corrected chi connectivity index (χ3v) is 4.22. The number of rotatable bonds is 9. The smallest absolute Gasteiger partial charge is 0.161 e. The van der Waals surface area contributed by atoms with Gasteiger partial charge >= 0.3 is 0 Å². The third-order valence-electron chi connectivity index (χ3n) is 3.99. The Morgan fingerprint density at radius 1 is 0.828 bits per heavy atom. The summed E-state index contributed by atoms with van der Waals surface area (Å²) < 4.78 is 11.7. The lowest BCUT2D eigenvalue weighted by molar-refractivity contribution is 0.269. The Morgan fingerprint density at radius 3 is 2.24 bits per heavy atom. The van der Waals surface area contributed by atoms with Crippen LogP contribution >= 0.6 is 36.4 Å². The molecule has 0 aliphatic heterocycles. The zero-order valence-corrected chi connectivity index (χ0v) is 18.5. The van der Waals surface area contributed by atoms with E-state index in [4.69, 9.17) is 21.1 Å². The number of pyridine rings is 1. The highest BCUT2D eigenvalue weighted by Crippen LogP contribution is 2.29. The Morgan fingerprint density at radius 2 is 1.55 bits per heavy atom. The fourth-order valence-corrected chi connectivity index (χ4v) is 2.76. The van der Waals surface area contributed by atoms with E-state index in [1.54, 1.807) is 12.3 Å². The lowest BCUT2D eigenvalue weighted by atomic mass is 10.2. The molecule has 1 N–H and O–H groups in total. The molecule has 3 aromatic rings. The second kappa shape index (κ2) is 13.3. The molecule has 3 rings (SSSR count). The van der Waals surface area contributed by atoms with Crippen LogP contribution in [0.25, 0.3) is 0 Å². The van der Waals surface area contributed by atoms with Gasteiger partial charge in [-0.1, -0.05) is 54.1 Å². The Labute approximate surface area is 189 Å². The summed E-state index contributed by atoms with van der Waals surface area (Å²) in [5.41, 5.74) is 3.37. The van der Waals surface area contributed by atoms with E-state index in [0.717, 1.165) is 35.7 Å². The molecule has 1 heterocycles. The number of ether oxygens (including phenoxy) is 2. The van der Waals surface area contributed by atoms with Crippen molar-refractivity contribution in [2.24, 2.45) is 0 Å². The molecule has 2 aromatic carbocycles. The van der Waals surface area contributed by atoms with Crippen molar-refractivity contribution < 1.29 is 9.47 Å². The van der Waals surface area contributed by atoms with Gasteiger partial charge in [-0.25, -0.2) is 4.98 Å². The van der Waals surface area contributed by atoms with Crippen LogP contribution in [0.3, 0.4) is 0 Å². The first-order valence-electron chi connectivity index (χ1n) is 8.98. The molecule has 0 fully saturated rings. The molecule has 7 heteroatoms. The molecule has 0 saturated heterocycles. The van der Waals surface area contributed by atoms with Crippen molar-refractivity contribution in [3.63, 3.8) is 0 Å². The third kappa shape index (κ3) is 8.11. The van der Waals surface area contributed by atoms with Gasteiger partial charge in [-0.05, 0) is 36.2 Å². The van der Waals surface area contributed by atoms with E-state index in [0.29, 0.717) is 18.4 Å². The van der Waals surface area contributed by atoms with E-state index in [9.17, 15) is 0 Å². The molecule has 1 aromatic heterocycles. The highest BCUT2D eigenvalue weighted by Gasteiger charge is 2.07. The summed E-state index contributed by atoms with van der Waals surface area (Å²) in [6.07, 6.45) is 1.71. The van der Waals surface area contributed by atoms with Crippen LogP contribution in [0.5, 0.6) is 11.5 Å². The largest absolute Gasteiger partial charge is 0.490 e. The average Bonchev–Trinajstić information content (AvgIpc) is 2.70. The molecule has 0 bridgehead atoms. The molecule has 0 aliphatic carbocycles. The van der Waals surface area contributed by atoms with Gasteiger partial charge in [0.2, 0.25) is 0 Å². The minimum Gasteiger partial charge on any atom is -0.490 e. The van der Waals surface area contributed by atoms with Gasteiger partial charge in [0.05, 0.1) is 6.61 Å². The summed E-state index contributed by atoms with van der Waals surface area (Å²) in [7, 11) is 0. The first kappa shape index (κ1) is 25.1. The molecular weight excluding hydrogens is 431 g/mol. The summed E-state index contributed by atoms with van der Waals surface area (Å²) in [6, 6.07) is 20.0. The Balaban J connectivity index is 0.00000210. The first-order valence-corrected chi connectivity index (χ1v) is 9.36. The van der Waals surface area contributed by atoms with Gasteiger partial charge in [0.15, 0.2) is 11.5 Å². The standard InChI is InChI=1S/C22H23ClN2O2.2ClH/c1-2-26-21-12-18(14-24-13-17-6-4-3-5-7-17)8-10-20(21)27-16-19-9-11-22(23)25-15-19;;/h3-12,15,24H,2,13-14,16H2,1H3;2*1H. The van der Waals surface area contributed by atoms with E-state index < -0.39 is 0 Å². The van der Waals surface area contributed by atoms with Gasteiger partial charge in [-0.3, -0.25) is 0 Å². The Bertz CT molecular complexity index is 846. The van der Waals surface area contributed by atoms with Crippen molar-refractivity contribution in [1.82, 2.24) is 10.3 Å². The Hall–Kier alpha value is -1.98. The molecule has 0 unspecified atom stereocenters. The number of hydrogen-bond donors (Lipinski definition) is 1. The minimum atomic E-state index is 0. The topological polar surface area (TPSA) is 43.4 Å². The van der Waals surface area contributed by atoms with Crippen LogP contribution in [0, 0.1) is 0 Å². The maximum atomic E-state index is 5.92. The van der Waals surface area contributed by atoms with Crippen molar-refractivity contribution >= 4 is 36.4 Å². The van der Waals surface area contributed by atoms with E-state index in [-0.39, 0.29) is 24.8 Å². The molecule has 0 aliphatic rings. The normalized spacial score (nSPS) is 9.86. The molecule has 0 saturated carbocycles. The van der Waals surface area contributed by atoms with Crippen LogP contribution in [0.4, 0.5) is 0 Å². The summed E-state index contributed by atoms with van der Waals surface area (Å²) in [4.78, 5) is 4.07. The van der Waals surface area contributed by atoms with Gasteiger partial charge in [-0.15, -0.1) is 24.8 Å². The van der Waals surface area contributed by atoms with Crippen LogP contribution in [0.1, 0.15) is 23.6 Å². The molecule has 0 spiro atoms. The number of nitrogens with zero attached hydrogens (tertiary/aromatic N) is 1. The van der Waals surface area contributed by atoms with Crippen molar-refractivity contribution in [3.8, 4) is 11.5 Å². The quantitative estimate of drug-likeness (QED) is 0.411. The zero-order valence-electron chi connectivity index (χ0n) is 16.1. The van der Waals surface area contributed by atoms with Crippen LogP contribution < -0.4 is 14.8 Å².